The van der Waals surface area contributed by atoms with Crippen LogP contribution >= 0.6 is 0 Å². The molecular weight excluding hydrogens is 267 g/mol. The number of hydrogen-bond acceptors (Lipinski definition) is 1. The third kappa shape index (κ3) is 4.91. The van der Waals surface area contributed by atoms with Crippen LogP contribution in [0.5, 0.6) is 0 Å². The second-order valence-corrected chi connectivity index (χ2v) is 4.27. The normalized spacial score (nSPS) is 12.2. The fraction of sp³-hybridized carbons (Fsp3) is 0.267. The predicted molar refractivity (Wildman–Crippen MR) is 71.9 cm³/mol. The second-order valence-electron chi connectivity index (χ2n) is 4.27. The van der Waals surface area contributed by atoms with Gasteiger partial charge in [-0.15, -0.1) is 0 Å². The molecule has 0 N–H and O–H groups in total. The molecule has 0 bridgehead atoms. The number of rotatable bonds is 4. The van der Waals surface area contributed by atoms with Crippen molar-refractivity contribution in [1.29, 1.82) is 0 Å². The fourth-order valence-corrected chi connectivity index (χ4v) is 1.53. The summed E-state index contributed by atoms with van der Waals surface area (Å²) in [5.74, 6) is -0.206. The lowest BCUT2D eigenvalue weighted by Gasteiger charge is -2.15. The van der Waals surface area contributed by atoms with Crippen molar-refractivity contribution in [3.63, 3.8) is 0 Å². The Hall–Kier alpha value is -2.04. The predicted octanol–water partition coefficient (Wildman–Crippen LogP) is 3.80. The van der Waals surface area contributed by atoms with Crippen molar-refractivity contribution in [3.05, 3.63) is 59.7 Å². The van der Waals surface area contributed by atoms with E-state index in [9.17, 15) is 18.0 Å². The number of halogens is 3. The maximum absolute atomic E-state index is 12.4. The number of carbonyl (C=O) groups excluding carboxylic acids is 1. The second kappa shape index (κ2) is 6.93. The van der Waals surface area contributed by atoms with Gasteiger partial charge in [0.15, 0.2) is 0 Å². The van der Waals surface area contributed by atoms with Gasteiger partial charge in [0, 0.05) is 19.7 Å². The highest BCUT2D eigenvalue weighted by Gasteiger charge is 2.29. The van der Waals surface area contributed by atoms with Gasteiger partial charge in [-0.25, -0.2) is 0 Å². The van der Waals surface area contributed by atoms with Gasteiger partial charge in [-0.2, -0.15) is 13.2 Å². The zero-order valence-corrected chi connectivity index (χ0v) is 11.3. The highest BCUT2D eigenvalue weighted by atomic mass is 19.4. The summed E-state index contributed by atoms with van der Waals surface area (Å²) < 4.78 is 37.2. The maximum atomic E-state index is 12.4. The molecule has 0 atom stereocenters. The SMILES string of the molecule is CC=CC=CC(=O)N(C)Cc1ccc(C(F)(F)F)cc1. The van der Waals surface area contributed by atoms with Crippen LogP contribution in [0.3, 0.4) is 0 Å². The topological polar surface area (TPSA) is 20.3 Å². The molecule has 0 aromatic heterocycles. The Balaban J connectivity index is 2.67. The van der Waals surface area contributed by atoms with Crippen LogP contribution in [0, 0.1) is 0 Å². The molecule has 0 spiro atoms. The Bertz CT molecular complexity index is 501. The van der Waals surface area contributed by atoms with Crippen molar-refractivity contribution in [2.75, 3.05) is 7.05 Å². The first-order valence-electron chi connectivity index (χ1n) is 6.05. The van der Waals surface area contributed by atoms with Crippen LogP contribution in [0.25, 0.3) is 0 Å². The molecule has 0 aliphatic rings. The Morgan fingerprint density at radius 3 is 2.30 bits per heavy atom. The summed E-state index contributed by atoms with van der Waals surface area (Å²) in [4.78, 5) is 13.1. The molecule has 0 heterocycles. The van der Waals surface area contributed by atoms with Crippen molar-refractivity contribution in [1.82, 2.24) is 4.90 Å². The number of benzene rings is 1. The lowest BCUT2D eigenvalue weighted by Crippen LogP contribution is -2.24. The Labute approximate surface area is 116 Å². The van der Waals surface area contributed by atoms with Crippen molar-refractivity contribution in [2.24, 2.45) is 0 Å². The van der Waals surface area contributed by atoms with E-state index in [0.717, 1.165) is 12.1 Å². The van der Waals surface area contributed by atoms with Gasteiger partial charge in [-0.3, -0.25) is 4.79 Å². The lowest BCUT2D eigenvalue weighted by molar-refractivity contribution is -0.137. The number of alkyl halides is 3. The number of allylic oxidation sites excluding steroid dienone is 3. The highest BCUT2D eigenvalue weighted by molar-refractivity contribution is 5.87. The molecule has 0 unspecified atom stereocenters. The van der Waals surface area contributed by atoms with E-state index in [0.29, 0.717) is 5.56 Å². The smallest absolute Gasteiger partial charge is 0.338 e. The Kier molecular flexibility index (Phi) is 5.55. The minimum absolute atomic E-state index is 0.206. The van der Waals surface area contributed by atoms with Crippen LogP contribution in [-0.2, 0) is 17.5 Å². The maximum Gasteiger partial charge on any atom is 0.416 e. The molecule has 1 aromatic carbocycles. The molecule has 0 radical (unpaired) electrons. The van der Waals surface area contributed by atoms with Gasteiger partial charge in [0.2, 0.25) is 5.91 Å². The first kappa shape index (κ1) is 16.0. The van der Waals surface area contributed by atoms with E-state index in [1.54, 1.807) is 25.3 Å². The van der Waals surface area contributed by atoms with Crippen molar-refractivity contribution < 1.29 is 18.0 Å². The van der Waals surface area contributed by atoms with Gasteiger partial charge in [0.05, 0.1) is 5.56 Å². The summed E-state index contributed by atoms with van der Waals surface area (Å²) in [7, 11) is 1.60. The van der Waals surface area contributed by atoms with E-state index in [4.69, 9.17) is 0 Å². The molecule has 20 heavy (non-hydrogen) atoms. The number of likely N-dealkylation sites (N-methyl/N-ethyl adjacent to an activating group) is 1. The fourth-order valence-electron chi connectivity index (χ4n) is 1.53. The van der Waals surface area contributed by atoms with Gasteiger partial charge in [-0.1, -0.05) is 30.4 Å². The summed E-state index contributed by atoms with van der Waals surface area (Å²) in [5.41, 5.74) is -0.0449. The summed E-state index contributed by atoms with van der Waals surface area (Å²) in [6, 6.07) is 4.79. The standard InChI is InChI=1S/C15H16F3NO/c1-3-4-5-6-14(20)19(2)11-12-7-9-13(10-8-12)15(16,17)18/h3-10H,11H2,1-2H3. The zero-order chi connectivity index (χ0) is 15.2. The summed E-state index contributed by atoms with van der Waals surface area (Å²) in [5, 5.41) is 0. The van der Waals surface area contributed by atoms with E-state index in [1.165, 1.54) is 23.1 Å². The molecule has 0 saturated heterocycles. The van der Waals surface area contributed by atoms with Gasteiger partial charge >= 0.3 is 6.18 Å². The monoisotopic (exact) mass is 283 g/mol. The van der Waals surface area contributed by atoms with E-state index >= 15 is 0 Å². The first-order chi connectivity index (χ1) is 9.34. The number of hydrogen-bond donors (Lipinski definition) is 0. The third-order valence-electron chi connectivity index (χ3n) is 2.62. The Morgan fingerprint density at radius 2 is 1.80 bits per heavy atom. The number of nitrogens with zero attached hydrogens (tertiary/aromatic N) is 1. The molecule has 5 heteroatoms. The van der Waals surface area contributed by atoms with Crippen molar-refractivity contribution in [2.45, 2.75) is 19.6 Å². The van der Waals surface area contributed by atoms with Crippen LogP contribution < -0.4 is 0 Å². The Morgan fingerprint density at radius 1 is 1.20 bits per heavy atom. The van der Waals surface area contributed by atoms with Gasteiger partial charge in [-0.05, 0) is 24.6 Å². The molecule has 1 rings (SSSR count). The number of amides is 1. The average molecular weight is 283 g/mol. The zero-order valence-electron chi connectivity index (χ0n) is 11.3. The molecule has 0 saturated carbocycles. The van der Waals surface area contributed by atoms with E-state index < -0.39 is 11.7 Å². The lowest BCUT2D eigenvalue weighted by atomic mass is 10.1. The average Bonchev–Trinajstić information content (AvgIpc) is 2.38. The van der Waals surface area contributed by atoms with Crippen LogP contribution in [0.2, 0.25) is 0 Å². The molecule has 2 nitrogen and oxygen atoms in total. The molecule has 1 amide bonds. The van der Waals surface area contributed by atoms with Gasteiger partial charge < -0.3 is 4.90 Å². The van der Waals surface area contributed by atoms with Crippen molar-refractivity contribution >= 4 is 5.91 Å². The molecule has 0 fully saturated rings. The molecule has 0 aliphatic carbocycles. The minimum atomic E-state index is -4.34. The van der Waals surface area contributed by atoms with Crippen molar-refractivity contribution in [3.8, 4) is 0 Å². The summed E-state index contributed by atoms with van der Waals surface area (Å²) in [6.07, 6.45) is 2.20. The molecular formula is C15H16F3NO. The highest BCUT2D eigenvalue weighted by Crippen LogP contribution is 2.29. The van der Waals surface area contributed by atoms with Crippen LogP contribution in [0.15, 0.2) is 48.6 Å². The van der Waals surface area contributed by atoms with E-state index in [1.807, 2.05) is 6.92 Å². The summed E-state index contributed by atoms with van der Waals surface area (Å²) >= 11 is 0. The van der Waals surface area contributed by atoms with Gasteiger partial charge in [0.25, 0.3) is 0 Å². The number of carbonyl (C=O) groups is 1. The minimum Gasteiger partial charge on any atom is -0.338 e. The van der Waals surface area contributed by atoms with E-state index in [-0.39, 0.29) is 12.5 Å². The largest absolute Gasteiger partial charge is 0.416 e. The third-order valence-corrected chi connectivity index (χ3v) is 2.62. The molecule has 0 aliphatic heterocycles. The first-order valence-corrected chi connectivity index (χ1v) is 6.05. The molecule has 108 valence electrons. The van der Waals surface area contributed by atoms with Crippen LogP contribution in [0.1, 0.15) is 18.1 Å². The van der Waals surface area contributed by atoms with Crippen LogP contribution in [0.4, 0.5) is 13.2 Å². The van der Waals surface area contributed by atoms with Crippen LogP contribution in [-0.4, -0.2) is 17.9 Å². The van der Waals surface area contributed by atoms with Gasteiger partial charge in [0.1, 0.15) is 0 Å². The summed E-state index contributed by atoms with van der Waals surface area (Å²) in [6.45, 7) is 2.10. The quantitative estimate of drug-likeness (QED) is 0.608. The van der Waals surface area contributed by atoms with E-state index in [2.05, 4.69) is 0 Å². The molecule has 1 aromatic rings.